The molecular formula is C29H37F3N8O3. The van der Waals surface area contributed by atoms with Crippen LogP contribution in [-0.4, -0.2) is 93.9 Å². The molecule has 0 unspecified atom stereocenters. The summed E-state index contributed by atoms with van der Waals surface area (Å²) in [6.07, 6.45) is -0.357. The van der Waals surface area contributed by atoms with Crippen LogP contribution in [0.2, 0.25) is 0 Å². The Balaban J connectivity index is 1.32. The van der Waals surface area contributed by atoms with Gasteiger partial charge in [-0.2, -0.15) is 18.4 Å². The van der Waals surface area contributed by atoms with Crippen molar-refractivity contribution in [2.45, 2.75) is 63.9 Å². The average molecular weight is 603 g/mol. The lowest BCUT2D eigenvalue weighted by Gasteiger charge is -2.25. The molecule has 0 aliphatic heterocycles. The number of halogens is 3. The molecule has 3 aromatic heterocycles. The lowest BCUT2D eigenvalue weighted by atomic mass is 10.1. The summed E-state index contributed by atoms with van der Waals surface area (Å²) in [7, 11) is 3.68. The van der Waals surface area contributed by atoms with Crippen molar-refractivity contribution >= 4 is 23.1 Å². The molecule has 0 spiro atoms. The van der Waals surface area contributed by atoms with Gasteiger partial charge in [-0.1, -0.05) is 0 Å². The molecule has 3 aromatic rings. The second-order valence-corrected chi connectivity index (χ2v) is 11.7. The van der Waals surface area contributed by atoms with Crippen molar-refractivity contribution in [3.63, 3.8) is 0 Å². The fourth-order valence-corrected chi connectivity index (χ4v) is 4.92. The van der Waals surface area contributed by atoms with Crippen molar-refractivity contribution in [1.82, 2.24) is 29.7 Å². The summed E-state index contributed by atoms with van der Waals surface area (Å²) in [6.45, 7) is 7.44. The maximum Gasteiger partial charge on any atom is 0.419 e. The number of carbonyl (C=O) groups excluding carboxylic acids is 1. The number of amides is 1. The van der Waals surface area contributed by atoms with Crippen LogP contribution < -0.4 is 5.32 Å². The lowest BCUT2D eigenvalue weighted by molar-refractivity contribution is -0.137. The van der Waals surface area contributed by atoms with Crippen LogP contribution >= 0.6 is 0 Å². The Labute approximate surface area is 248 Å². The van der Waals surface area contributed by atoms with E-state index in [1.807, 2.05) is 33.9 Å². The minimum Gasteiger partial charge on any atom is -0.444 e. The summed E-state index contributed by atoms with van der Waals surface area (Å²) >= 11 is 0. The number of rotatable bonds is 10. The number of anilines is 1. The summed E-state index contributed by atoms with van der Waals surface area (Å²) in [6, 6.07) is 5.18. The number of nitrogens with zero attached hydrogens (tertiary/aromatic N) is 6. The third kappa shape index (κ3) is 8.32. The Morgan fingerprint density at radius 1 is 1.16 bits per heavy atom. The van der Waals surface area contributed by atoms with E-state index in [-0.39, 0.29) is 35.0 Å². The number of aromatic amines is 1. The maximum atomic E-state index is 13.9. The van der Waals surface area contributed by atoms with Gasteiger partial charge in [-0.15, -0.1) is 0 Å². The van der Waals surface area contributed by atoms with Gasteiger partial charge in [-0.25, -0.2) is 19.7 Å². The number of aromatic nitrogens is 4. The summed E-state index contributed by atoms with van der Waals surface area (Å²) in [5, 5.41) is 12.7. The first-order valence-electron chi connectivity index (χ1n) is 14.1. The Morgan fingerprint density at radius 3 is 2.60 bits per heavy atom. The number of fused-ring (bicyclic) bond motifs is 1. The first kappa shape index (κ1) is 32.0. The number of hydrogen-bond acceptors (Lipinski definition) is 9. The van der Waals surface area contributed by atoms with Gasteiger partial charge in [0.05, 0.1) is 18.9 Å². The van der Waals surface area contributed by atoms with Gasteiger partial charge in [-0.3, -0.25) is 0 Å². The van der Waals surface area contributed by atoms with Gasteiger partial charge in [0, 0.05) is 55.6 Å². The number of carbonyl (C=O) groups is 1. The minimum absolute atomic E-state index is 0.0109. The smallest absolute Gasteiger partial charge is 0.419 e. The molecule has 1 amide bonds. The molecule has 0 aromatic carbocycles. The predicted octanol–water partition coefficient (Wildman–Crippen LogP) is 5.06. The zero-order valence-corrected chi connectivity index (χ0v) is 25.0. The lowest BCUT2D eigenvalue weighted by Crippen LogP contribution is -2.37. The molecule has 0 saturated heterocycles. The molecule has 0 bridgehead atoms. The van der Waals surface area contributed by atoms with Crippen molar-refractivity contribution in [2.75, 3.05) is 45.7 Å². The maximum absolute atomic E-state index is 13.9. The van der Waals surface area contributed by atoms with Crippen LogP contribution in [0.15, 0.2) is 24.5 Å². The zero-order chi connectivity index (χ0) is 31.4. The number of alkyl halides is 3. The topological polar surface area (TPSA) is 132 Å². The van der Waals surface area contributed by atoms with Crippen molar-refractivity contribution in [3.8, 4) is 17.3 Å². The fraction of sp³-hybridized carbons (Fsp3) is 0.552. The molecule has 43 heavy (non-hydrogen) atoms. The number of nitrogens with one attached hydrogen (secondary N) is 2. The highest BCUT2D eigenvalue weighted by molar-refractivity contribution is 5.93. The Bertz CT molecular complexity index is 1460. The van der Waals surface area contributed by atoms with Crippen molar-refractivity contribution in [3.05, 3.63) is 35.8 Å². The fourth-order valence-electron chi connectivity index (χ4n) is 4.92. The van der Waals surface area contributed by atoms with E-state index in [1.165, 1.54) is 17.2 Å². The molecule has 4 rings (SSSR count). The van der Waals surface area contributed by atoms with Gasteiger partial charge < -0.3 is 29.6 Å². The zero-order valence-electron chi connectivity index (χ0n) is 25.0. The summed E-state index contributed by atoms with van der Waals surface area (Å²) in [4.78, 5) is 31.0. The number of pyridine rings is 1. The third-order valence-electron chi connectivity index (χ3n) is 7.23. The first-order chi connectivity index (χ1) is 20.2. The molecular weight excluding hydrogens is 565 g/mol. The summed E-state index contributed by atoms with van der Waals surface area (Å²) in [5.41, 5.74) is -1.08. The highest BCUT2D eigenvalue weighted by Crippen LogP contribution is 2.38. The van der Waals surface area contributed by atoms with Crippen molar-refractivity contribution in [1.29, 1.82) is 5.26 Å². The van der Waals surface area contributed by atoms with E-state index in [2.05, 4.69) is 30.2 Å². The molecule has 1 aliphatic carbocycles. The molecule has 1 aliphatic rings. The first-order valence-corrected chi connectivity index (χ1v) is 14.1. The van der Waals surface area contributed by atoms with E-state index in [4.69, 9.17) is 14.7 Å². The standard InChI is InChI=1S/C29H37F3N8O3/c1-28(2,3)43-27(41)40(5)11-13-42-12-10-39(4)20-8-6-18(14-20)37-26-35-17-23(29(30,31)32)24(38-26)22-16-34-25-21(22)9-7-19(15-33)36-25/h7,9,16-18,20H,6,8,10-14H2,1-5H3,(H,34,36)(H,35,37,38)/t18-,20-/m0/s1. The Morgan fingerprint density at radius 2 is 1.91 bits per heavy atom. The Hall–Kier alpha value is -3.96. The van der Waals surface area contributed by atoms with Crippen LogP contribution in [-0.2, 0) is 15.7 Å². The van der Waals surface area contributed by atoms with Gasteiger partial charge in [0.2, 0.25) is 5.95 Å². The predicted molar refractivity (Wildman–Crippen MR) is 154 cm³/mol. The highest BCUT2D eigenvalue weighted by atomic mass is 19.4. The number of likely N-dealkylation sites (N-methyl/N-ethyl adjacent to an activating group) is 2. The van der Waals surface area contributed by atoms with E-state index in [9.17, 15) is 18.0 Å². The van der Waals surface area contributed by atoms with Crippen LogP contribution in [0, 0.1) is 11.3 Å². The molecule has 2 atom stereocenters. The van der Waals surface area contributed by atoms with Gasteiger partial charge in [0.25, 0.3) is 0 Å². The summed E-state index contributed by atoms with van der Waals surface area (Å²) in [5.74, 6) is 0.115. The van der Waals surface area contributed by atoms with Gasteiger partial charge in [0.15, 0.2) is 0 Å². The van der Waals surface area contributed by atoms with Gasteiger partial charge in [0.1, 0.15) is 28.6 Å². The third-order valence-corrected chi connectivity index (χ3v) is 7.23. The molecule has 232 valence electrons. The van der Waals surface area contributed by atoms with E-state index >= 15 is 0 Å². The normalized spacial score (nSPS) is 17.3. The number of H-pyrrole nitrogens is 1. The highest BCUT2D eigenvalue weighted by Gasteiger charge is 2.36. The molecule has 1 fully saturated rings. The van der Waals surface area contributed by atoms with E-state index < -0.39 is 23.4 Å². The second-order valence-electron chi connectivity index (χ2n) is 11.7. The number of hydrogen-bond donors (Lipinski definition) is 2. The van der Waals surface area contributed by atoms with Crippen molar-refractivity contribution in [2.24, 2.45) is 0 Å². The molecule has 3 heterocycles. The SMILES string of the molecule is CN(CCOCCN(C)[C@H]1CC[C@H](Nc2ncc(C(F)(F)F)c(-c3c[nH]c4nc(C#N)ccc34)n2)C1)C(=O)OC(C)(C)C. The second kappa shape index (κ2) is 13.1. The monoisotopic (exact) mass is 602 g/mol. The summed E-state index contributed by atoms with van der Waals surface area (Å²) < 4.78 is 52.8. The Kier molecular flexibility index (Phi) is 9.76. The van der Waals surface area contributed by atoms with Crippen molar-refractivity contribution < 1.29 is 27.4 Å². The number of ether oxygens (including phenoxy) is 2. The number of nitriles is 1. The molecule has 0 radical (unpaired) electrons. The average Bonchev–Trinajstić information content (AvgIpc) is 3.58. The van der Waals surface area contributed by atoms with Gasteiger partial charge >= 0.3 is 12.3 Å². The van der Waals surface area contributed by atoms with E-state index in [1.54, 1.807) is 13.1 Å². The van der Waals surface area contributed by atoms with Crippen LogP contribution in [0.5, 0.6) is 0 Å². The van der Waals surface area contributed by atoms with Crippen LogP contribution in [0.1, 0.15) is 51.3 Å². The minimum atomic E-state index is -4.66. The molecule has 11 nitrogen and oxygen atoms in total. The largest absolute Gasteiger partial charge is 0.444 e. The molecule has 1 saturated carbocycles. The van der Waals surface area contributed by atoms with Crippen LogP contribution in [0.3, 0.4) is 0 Å². The van der Waals surface area contributed by atoms with E-state index in [0.717, 1.165) is 25.5 Å². The van der Waals surface area contributed by atoms with E-state index in [0.29, 0.717) is 37.3 Å². The van der Waals surface area contributed by atoms with Crippen LogP contribution in [0.25, 0.3) is 22.3 Å². The molecule has 14 heteroatoms. The van der Waals surface area contributed by atoms with Gasteiger partial charge in [-0.05, 0) is 59.2 Å². The molecule has 2 N–H and O–H groups in total. The quantitative estimate of drug-likeness (QED) is 0.306. The van der Waals surface area contributed by atoms with Crippen LogP contribution in [0.4, 0.5) is 23.9 Å².